The molecule has 1 aromatic carbocycles. The quantitative estimate of drug-likeness (QED) is 0.779. The van der Waals surface area contributed by atoms with E-state index in [0.29, 0.717) is 22.6 Å². The lowest BCUT2D eigenvalue weighted by molar-refractivity contribution is 0.0981. The van der Waals surface area contributed by atoms with Crippen molar-refractivity contribution in [2.24, 2.45) is 0 Å². The summed E-state index contributed by atoms with van der Waals surface area (Å²) in [5.74, 6) is 0.0259. The van der Waals surface area contributed by atoms with Crippen LogP contribution >= 0.6 is 15.9 Å². The maximum atomic E-state index is 12.2. The second-order valence-electron chi connectivity index (χ2n) is 4.57. The maximum Gasteiger partial charge on any atom is 0.265 e. The summed E-state index contributed by atoms with van der Waals surface area (Å²) >= 11 is 3.14. The van der Waals surface area contributed by atoms with Gasteiger partial charge in [0.25, 0.3) is 15.9 Å². The topological polar surface area (TPSA) is 94.6 Å². The highest BCUT2D eigenvalue weighted by atomic mass is 79.9. The van der Waals surface area contributed by atoms with E-state index in [9.17, 15) is 13.2 Å². The number of carbonyl (C=O) groups excluding carboxylic acids is 1. The number of sulfonamides is 1. The van der Waals surface area contributed by atoms with Gasteiger partial charge in [0.05, 0.1) is 13.7 Å². The third kappa shape index (κ3) is 4.24. The highest BCUT2D eigenvalue weighted by Crippen LogP contribution is 2.28. The molecule has 0 atom stereocenters. The van der Waals surface area contributed by atoms with E-state index in [1.165, 1.54) is 31.5 Å². The van der Waals surface area contributed by atoms with Crippen molar-refractivity contribution in [1.29, 1.82) is 0 Å². The van der Waals surface area contributed by atoms with E-state index in [1.54, 1.807) is 6.07 Å². The van der Waals surface area contributed by atoms with Crippen LogP contribution in [0.4, 0.5) is 0 Å². The molecule has 1 aromatic heterocycles. The molecule has 0 bridgehead atoms. The van der Waals surface area contributed by atoms with Crippen molar-refractivity contribution in [2.75, 3.05) is 13.7 Å². The summed E-state index contributed by atoms with van der Waals surface area (Å²) in [5, 5.41) is 0. The predicted octanol–water partition coefficient (Wildman–Crippen LogP) is 2.37. The molecular formula is C15H15BrN2O5S. The van der Waals surface area contributed by atoms with Gasteiger partial charge < -0.3 is 9.47 Å². The Balaban J connectivity index is 2.26. The predicted molar refractivity (Wildman–Crippen MR) is 90.8 cm³/mol. The standard InChI is InChI=1S/C15H15BrN2O5S/c1-3-23-13-5-4-10(6-14(13)22-2)15(19)18-24(20,21)12-7-11(16)8-17-9-12/h4-9H,3H2,1-2H3,(H,18,19). The van der Waals surface area contributed by atoms with E-state index in [0.717, 1.165) is 6.20 Å². The van der Waals surface area contributed by atoms with Gasteiger partial charge in [-0.15, -0.1) is 0 Å². The number of hydrogen-bond acceptors (Lipinski definition) is 6. The highest BCUT2D eigenvalue weighted by Gasteiger charge is 2.20. The molecule has 0 aliphatic rings. The number of nitrogens with one attached hydrogen (secondary N) is 1. The van der Waals surface area contributed by atoms with Crippen LogP contribution in [0.2, 0.25) is 0 Å². The molecule has 1 heterocycles. The first-order valence-electron chi connectivity index (χ1n) is 6.86. The minimum atomic E-state index is -4.03. The van der Waals surface area contributed by atoms with Gasteiger partial charge in [0, 0.05) is 22.4 Å². The van der Waals surface area contributed by atoms with Crippen LogP contribution in [0, 0.1) is 0 Å². The van der Waals surface area contributed by atoms with Gasteiger partial charge in [-0.2, -0.15) is 0 Å². The van der Waals surface area contributed by atoms with Crippen LogP contribution in [-0.2, 0) is 10.0 Å². The average molecular weight is 415 g/mol. The van der Waals surface area contributed by atoms with Gasteiger partial charge in [-0.3, -0.25) is 9.78 Å². The third-order valence-corrected chi connectivity index (χ3v) is 4.67. The summed E-state index contributed by atoms with van der Waals surface area (Å²) in [7, 11) is -2.60. The van der Waals surface area contributed by atoms with Crippen LogP contribution in [0.25, 0.3) is 0 Å². The Hall–Kier alpha value is -2.13. The molecule has 0 fully saturated rings. The number of nitrogens with zero attached hydrogens (tertiary/aromatic N) is 1. The number of methoxy groups -OCH3 is 1. The lowest BCUT2D eigenvalue weighted by Gasteiger charge is -2.11. The smallest absolute Gasteiger partial charge is 0.265 e. The molecule has 7 nitrogen and oxygen atoms in total. The summed E-state index contributed by atoms with van der Waals surface area (Å²) in [4.78, 5) is 15.9. The largest absolute Gasteiger partial charge is 0.493 e. The number of pyridine rings is 1. The second-order valence-corrected chi connectivity index (χ2v) is 7.17. The number of ether oxygens (including phenoxy) is 2. The molecule has 0 spiro atoms. The van der Waals surface area contributed by atoms with Crippen LogP contribution in [0.5, 0.6) is 11.5 Å². The number of carbonyl (C=O) groups is 1. The van der Waals surface area contributed by atoms with Crippen molar-refractivity contribution in [1.82, 2.24) is 9.71 Å². The molecule has 0 radical (unpaired) electrons. The van der Waals surface area contributed by atoms with E-state index in [-0.39, 0.29) is 10.5 Å². The molecule has 2 rings (SSSR count). The fraction of sp³-hybridized carbons (Fsp3) is 0.200. The third-order valence-electron chi connectivity index (χ3n) is 2.94. The summed E-state index contributed by atoms with van der Waals surface area (Å²) in [6, 6.07) is 5.76. The van der Waals surface area contributed by atoms with Crippen LogP contribution in [0.3, 0.4) is 0 Å². The Morgan fingerprint density at radius 2 is 2.00 bits per heavy atom. The first kappa shape index (κ1) is 18.2. The van der Waals surface area contributed by atoms with Crippen molar-refractivity contribution in [2.45, 2.75) is 11.8 Å². The van der Waals surface area contributed by atoms with Gasteiger partial charge in [-0.05, 0) is 47.1 Å². The van der Waals surface area contributed by atoms with Gasteiger partial charge in [0.2, 0.25) is 0 Å². The lowest BCUT2D eigenvalue weighted by Crippen LogP contribution is -2.30. The Morgan fingerprint density at radius 1 is 1.25 bits per heavy atom. The minimum absolute atomic E-state index is 0.122. The van der Waals surface area contributed by atoms with E-state index in [1.807, 2.05) is 11.6 Å². The van der Waals surface area contributed by atoms with Gasteiger partial charge in [0.1, 0.15) is 4.90 Å². The molecule has 0 unspecified atom stereocenters. The zero-order valence-corrected chi connectivity index (χ0v) is 15.3. The number of rotatable bonds is 6. The second kappa shape index (κ2) is 7.63. The molecule has 128 valence electrons. The number of halogens is 1. The van der Waals surface area contributed by atoms with Gasteiger partial charge >= 0.3 is 0 Å². The zero-order valence-electron chi connectivity index (χ0n) is 12.9. The van der Waals surface area contributed by atoms with Crippen molar-refractivity contribution >= 4 is 31.9 Å². The SMILES string of the molecule is CCOc1ccc(C(=O)NS(=O)(=O)c2cncc(Br)c2)cc1OC. The molecule has 1 amide bonds. The number of benzene rings is 1. The van der Waals surface area contributed by atoms with Crippen molar-refractivity contribution in [3.05, 3.63) is 46.7 Å². The molecule has 24 heavy (non-hydrogen) atoms. The van der Waals surface area contributed by atoms with E-state index >= 15 is 0 Å². The van der Waals surface area contributed by atoms with Crippen molar-refractivity contribution in [3.63, 3.8) is 0 Å². The van der Waals surface area contributed by atoms with Gasteiger partial charge in [-0.25, -0.2) is 13.1 Å². The Morgan fingerprint density at radius 3 is 2.62 bits per heavy atom. The van der Waals surface area contributed by atoms with Gasteiger partial charge in [-0.1, -0.05) is 0 Å². The molecule has 1 N–H and O–H groups in total. The first-order valence-corrected chi connectivity index (χ1v) is 9.13. The van der Waals surface area contributed by atoms with Crippen molar-refractivity contribution < 1.29 is 22.7 Å². The van der Waals surface area contributed by atoms with Crippen LogP contribution in [0.1, 0.15) is 17.3 Å². The molecule has 2 aromatic rings. The zero-order chi connectivity index (χ0) is 17.7. The molecular weight excluding hydrogens is 400 g/mol. The lowest BCUT2D eigenvalue weighted by atomic mass is 10.2. The molecule has 0 saturated carbocycles. The average Bonchev–Trinajstić information content (AvgIpc) is 2.55. The monoisotopic (exact) mass is 414 g/mol. The fourth-order valence-corrected chi connectivity index (χ4v) is 3.34. The number of aromatic nitrogens is 1. The summed E-state index contributed by atoms with van der Waals surface area (Å²) in [6.45, 7) is 2.25. The summed E-state index contributed by atoms with van der Waals surface area (Å²) in [5.41, 5.74) is 0.127. The highest BCUT2D eigenvalue weighted by molar-refractivity contribution is 9.10. The van der Waals surface area contributed by atoms with E-state index in [4.69, 9.17) is 9.47 Å². The Bertz CT molecular complexity index is 855. The molecule has 9 heteroatoms. The first-order chi connectivity index (χ1) is 11.4. The summed E-state index contributed by atoms with van der Waals surface area (Å²) < 4.78 is 37.5. The molecule has 0 aliphatic carbocycles. The van der Waals surface area contributed by atoms with Gasteiger partial charge in [0.15, 0.2) is 11.5 Å². The Kier molecular flexibility index (Phi) is 5.79. The van der Waals surface area contributed by atoms with Crippen LogP contribution in [-0.4, -0.2) is 33.0 Å². The van der Waals surface area contributed by atoms with E-state index in [2.05, 4.69) is 20.9 Å². The van der Waals surface area contributed by atoms with Crippen molar-refractivity contribution in [3.8, 4) is 11.5 Å². The fourth-order valence-electron chi connectivity index (χ4n) is 1.86. The molecule has 0 saturated heterocycles. The molecule has 0 aliphatic heterocycles. The normalized spacial score (nSPS) is 11.0. The number of amides is 1. The van der Waals surface area contributed by atoms with E-state index < -0.39 is 15.9 Å². The summed E-state index contributed by atoms with van der Waals surface area (Å²) in [6.07, 6.45) is 2.59. The Labute approximate surface area is 148 Å². The maximum absolute atomic E-state index is 12.2. The van der Waals surface area contributed by atoms with Crippen LogP contribution in [0.15, 0.2) is 46.0 Å². The number of hydrogen-bond donors (Lipinski definition) is 1. The minimum Gasteiger partial charge on any atom is -0.493 e. The van der Waals surface area contributed by atoms with Crippen LogP contribution < -0.4 is 14.2 Å².